The molecule has 28 heavy (non-hydrogen) atoms. The van der Waals surface area contributed by atoms with Crippen LogP contribution >= 0.6 is 11.8 Å². The average Bonchev–Trinajstić information content (AvgIpc) is 2.55. The molecule has 0 heterocycles. The maximum atomic E-state index is 12.4. The first-order chi connectivity index (χ1) is 12.9. The van der Waals surface area contributed by atoms with E-state index < -0.39 is 60.6 Å². The lowest BCUT2D eigenvalue weighted by Crippen LogP contribution is -2.58. The molecule has 12 nitrogen and oxygen atoms in total. The van der Waals surface area contributed by atoms with Crippen molar-refractivity contribution in [2.75, 3.05) is 18.1 Å². The number of rotatable bonds is 12. The second-order valence-electron chi connectivity index (χ2n) is 6.04. The van der Waals surface area contributed by atoms with Gasteiger partial charge in [-0.3, -0.25) is 19.2 Å². The molecule has 0 bridgehead atoms. The second kappa shape index (κ2) is 12.8. The molecule has 13 heteroatoms. The molecule has 0 aliphatic rings. The number of alkyl carbamates (subject to hydrolysis) is 1. The van der Waals surface area contributed by atoms with E-state index in [1.807, 2.05) is 0 Å². The van der Waals surface area contributed by atoms with Crippen molar-refractivity contribution >= 4 is 41.5 Å². The van der Waals surface area contributed by atoms with Crippen molar-refractivity contribution in [3.8, 4) is 0 Å². The van der Waals surface area contributed by atoms with Gasteiger partial charge in [0.2, 0.25) is 23.6 Å². The molecule has 0 aromatic rings. The molecule has 0 saturated heterocycles. The molecule has 0 rings (SSSR count). The summed E-state index contributed by atoms with van der Waals surface area (Å²) in [5.41, 5.74) is 10.00. The summed E-state index contributed by atoms with van der Waals surface area (Å²) < 4.78 is 4.86. The highest BCUT2D eigenvalue weighted by Crippen LogP contribution is 2.05. The fourth-order valence-corrected chi connectivity index (χ4v) is 2.59. The zero-order chi connectivity index (χ0) is 21.9. The molecule has 0 aliphatic heterocycles. The van der Waals surface area contributed by atoms with Crippen molar-refractivity contribution in [1.82, 2.24) is 16.0 Å². The van der Waals surface area contributed by atoms with Gasteiger partial charge in [0.1, 0.15) is 12.1 Å². The van der Waals surface area contributed by atoms with Crippen LogP contribution in [-0.4, -0.2) is 77.2 Å². The monoisotopic (exact) mass is 421 g/mol. The Kier molecular flexibility index (Phi) is 11.6. The number of ether oxygens (including phenoxy) is 1. The van der Waals surface area contributed by atoms with E-state index in [1.54, 1.807) is 13.8 Å². The Bertz CT molecular complexity index is 585. The van der Waals surface area contributed by atoms with Crippen LogP contribution in [0, 0.1) is 0 Å². The first-order valence-electron chi connectivity index (χ1n) is 8.31. The van der Waals surface area contributed by atoms with E-state index in [1.165, 1.54) is 6.92 Å². The third-order valence-electron chi connectivity index (χ3n) is 2.98. The molecule has 160 valence electrons. The van der Waals surface area contributed by atoms with E-state index in [2.05, 4.69) is 16.0 Å². The SMILES string of the molecule is CC(C)OC(=O)N[C@H](C(=O)N[C@@H](CSCC(N)=O)C(=O)NCC(N)=O)[C@@H](C)O. The minimum atomic E-state index is -1.40. The van der Waals surface area contributed by atoms with Crippen LogP contribution in [0.2, 0.25) is 0 Å². The summed E-state index contributed by atoms with van der Waals surface area (Å²) in [5, 5.41) is 16.6. The second-order valence-corrected chi connectivity index (χ2v) is 7.07. The fourth-order valence-electron chi connectivity index (χ4n) is 1.80. The molecule has 8 N–H and O–H groups in total. The van der Waals surface area contributed by atoms with Crippen molar-refractivity contribution < 1.29 is 33.8 Å². The lowest BCUT2D eigenvalue weighted by Gasteiger charge is -2.24. The van der Waals surface area contributed by atoms with Crippen molar-refractivity contribution in [2.45, 2.75) is 45.1 Å². The number of carbonyl (C=O) groups excluding carboxylic acids is 5. The molecule has 0 aromatic heterocycles. The number of carbonyl (C=O) groups is 5. The number of amides is 5. The Morgan fingerprint density at radius 1 is 1.00 bits per heavy atom. The van der Waals surface area contributed by atoms with Gasteiger partial charge in [-0.2, -0.15) is 0 Å². The standard InChI is InChI=1S/C15H27N5O7S/c1-7(2)27-15(26)20-12(8(3)21)14(25)19-9(5-28-6-11(17)23)13(24)18-4-10(16)22/h7-9,12,21H,4-6H2,1-3H3,(H2,16,22)(H2,17,23)(H,18,24)(H,19,25)(H,20,26)/t8-,9+,12+/m1/s1. The van der Waals surface area contributed by atoms with Crippen molar-refractivity contribution in [2.24, 2.45) is 11.5 Å². The fraction of sp³-hybridized carbons (Fsp3) is 0.667. The normalized spacial score (nSPS) is 13.8. The Labute approximate surface area is 166 Å². The number of hydrogen-bond donors (Lipinski definition) is 6. The highest BCUT2D eigenvalue weighted by molar-refractivity contribution is 8.00. The van der Waals surface area contributed by atoms with Crippen LogP contribution in [0.1, 0.15) is 20.8 Å². The van der Waals surface area contributed by atoms with E-state index in [-0.39, 0.29) is 11.5 Å². The van der Waals surface area contributed by atoms with Crippen LogP contribution in [0.15, 0.2) is 0 Å². The molecule has 0 spiro atoms. The van der Waals surface area contributed by atoms with Crippen LogP contribution in [0.5, 0.6) is 0 Å². The van der Waals surface area contributed by atoms with Gasteiger partial charge >= 0.3 is 6.09 Å². The Hall–Kier alpha value is -2.54. The zero-order valence-electron chi connectivity index (χ0n) is 15.9. The van der Waals surface area contributed by atoms with Crippen LogP contribution in [0.4, 0.5) is 4.79 Å². The minimum Gasteiger partial charge on any atom is -0.447 e. The summed E-state index contributed by atoms with van der Waals surface area (Å²) in [6, 6.07) is -2.58. The van der Waals surface area contributed by atoms with Gasteiger partial charge in [-0.05, 0) is 20.8 Å². The number of aliphatic hydroxyl groups excluding tert-OH is 1. The van der Waals surface area contributed by atoms with Crippen LogP contribution in [-0.2, 0) is 23.9 Å². The molecule has 0 radical (unpaired) electrons. The summed E-state index contributed by atoms with van der Waals surface area (Å²) in [7, 11) is 0. The highest BCUT2D eigenvalue weighted by Gasteiger charge is 2.30. The lowest BCUT2D eigenvalue weighted by molar-refractivity contribution is -0.131. The van der Waals surface area contributed by atoms with E-state index in [4.69, 9.17) is 16.2 Å². The summed E-state index contributed by atoms with van der Waals surface area (Å²) in [4.78, 5) is 58.0. The van der Waals surface area contributed by atoms with E-state index in [9.17, 15) is 29.1 Å². The maximum absolute atomic E-state index is 12.4. The lowest BCUT2D eigenvalue weighted by atomic mass is 10.1. The van der Waals surface area contributed by atoms with E-state index in [0.29, 0.717) is 0 Å². The van der Waals surface area contributed by atoms with Gasteiger partial charge in [-0.1, -0.05) is 0 Å². The molecule has 0 unspecified atom stereocenters. The van der Waals surface area contributed by atoms with Gasteiger partial charge in [0.15, 0.2) is 0 Å². The number of thioether (sulfide) groups is 1. The van der Waals surface area contributed by atoms with Crippen molar-refractivity contribution in [1.29, 1.82) is 0 Å². The quantitative estimate of drug-likeness (QED) is 0.193. The van der Waals surface area contributed by atoms with E-state index in [0.717, 1.165) is 11.8 Å². The molecule has 0 saturated carbocycles. The Balaban J connectivity index is 5.11. The first kappa shape index (κ1) is 25.5. The van der Waals surface area contributed by atoms with Gasteiger partial charge in [0.25, 0.3) is 0 Å². The number of aliphatic hydroxyl groups is 1. The largest absolute Gasteiger partial charge is 0.447 e. The van der Waals surface area contributed by atoms with Crippen LogP contribution in [0.3, 0.4) is 0 Å². The topological polar surface area (TPSA) is 203 Å². The summed E-state index contributed by atoms with van der Waals surface area (Å²) in [6.07, 6.45) is -2.67. The smallest absolute Gasteiger partial charge is 0.408 e. The molecule has 3 atom stereocenters. The zero-order valence-corrected chi connectivity index (χ0v) is 16.7. The number of hydrogen-bond acceptors (Lipinski definition) is 8. The third-order valence-corrected chi connectivity index (χ3v) is 4.04. The van der Waals surface area contributed by atoms with Crippen LogP contribution in [0.25, 0.3) is 0 Å². The summed E-state index contributed by atoms with van der Waals surface area (Å²) in [6.45, 7) is 4.02. The van der Waals surface area contributed by atoms with Crippen molar-refractivity contribution in [3.05, 3.63) is 0 Å². The maximum Gasteiger partial charge on any atom is 0.408 e. The first-order valence-corrected chi connectivity index (χ1v) is 9.47. The Morgan fingerprint density at radius 3 is 2.07 bits per heavy atom. The molecular formula is C15H27N5O7S. The molecule has 0 aromatic carbocycles. The van der Waals surface area contributed by atoms with Gasteiger partial charge in [-0.15, -0.1) is 11.8 Å². The number of nitrogens with two attached hydrogens (primary N) is 2. The molecule has 5 amide bonds. The van der Waals surface area contributed by atoms with Gasteiger partial charge < -0.3 is 37.3 Å². The molecule has 0 fully saturated rings. The van der Waals surface area contributed by atoms with Gasteiger partial charge in [0, 0.05) is 5.75 Å². The predicted molar refractivity (Wildman–Crippen MR) is 101 cm³/mol. The van der Waals surface area contributed by atoms with Gasteiger partial charge in [0.05, 0.1) is 24.5 Å². The molecule has 0 aliphatic carbocycles. The summed E-state index contributed by atoms with van der Waals surface area (Å²) >= 11 is 0.976. The van der Waals surface area contributed by atoms with Gasteiger partial charge in [-0.25, -0.2) is 4.79 Å². The predicted octanol–water partition coefficient (Wildman–Crippen LogP) is -2.82. The highest BCUT2D eigenvalue weighted by atomic mass is 32.2. The number of nitrogens with one attached hydrogen (secondary N) is 3. The van der Waals surface area contributed by atoms with Crippen molar-refractivity contribution in [3.63, 3.8) is 0 Å². The van der Waals surface area contributed by atoms with Crippen LogP contribution < -0.4 is 27.4 Å². The van der Waals surface area contributed by atoms with E-state index >= 15 is 0 Å². The summed E-state index contributed by atoms with van der Waals surface area (Å²) in [5.74, 6) is -3.17. The minimum absolute atomic E-state index is 0.0533. The Morgan fingerprint density at radius 2 is 1.61 bits per heavy atom. The third kappa shape index (κ3) is 11.2. The molecular weight excluding hydrogens is 394 g/mol. The number of primary amides is 2. The average molecular weight is 421 g/mol.